The Kier molecular flexibility index (Phi) is 15.8. The molecule has 0 radical (unpaired) electrons. The van der Waals surface area contributed by atoms with Gasteiger partial charge in [0.15, 0.2) is 0 Å². The molecule has 1 aromatic rings. The Balaban J connectivity index is 2.06. The van der Waals surface area contributed by atoms with Crippen LogP contribution in [0, 0.1) is 0 Å². The molecule has 0 bridgehead atoms. The van der Waals surface area contributed by atoms with E-state index in [0.717, 1.165) is 18.1 Å². The molecule has 31 heavy (non-hydrogen) atoms. The Morgan fingerprint density at radius 1 is 0.903 bits per heavy atom. The minimum absolute atomic E-state index is 0.000790. The van der Waals surface area contributed by atoms with Crippen molar-refractivity contribution in [3.8, 4) is 5.75 Å². The fourth-order valence-corrected chi connectivity index (χ4v) is 4.10. The lowest BCUT2D eigenvalue weighted by Gasteiger charge is -2.12. The molecule has 1 amide bonds. The van der Waals surface area contributed by atoms with Crippen molar-refractivity contribution in [2.75, 3.05) is 17.7 Å². The summed E-state index contributed by atoms with van der Waals surface area (Å²) in [5.41, 5.74) is 0.648. The molecule has 0 heterocycles. The largest absolute Gasteiger partial charge is 0.491 e. The number of hydrogen-bond donors (Lipinski definition) is 2. The summed E-state index contributed by atoms with van der Waals surface area (Å²) in [6.45, 7) is 4.83. The molecule has 0 spiro atoms. The van der Waals surface area contributed by atoms with Crippen LogP contribution in [0.5, 0.6) is 5.75 Å². The van der Waals surface area contributed by atoms with Crippen LogP contribution in [0.1, 0.15) is 90.9 Å². The average Bonchev–Trinajstić information content (AvgIpc) is 2.72. The summed E-state index contributed by atoms with van der Waals surface area (Å²) in [5, 5.41) is 12.4. The number of carboxylic acids is 1. The van der Waals surface area contributed by atoms with Crippen LogP contribution >= 0.6 is 11.8 Å². The third kappa shape index (κ3) is 15.7. The maximum Gasteiger partial charge on any atom is 0.303 e. The van der Waals surface area contributed by atoms with Crippen molar-refractivity contribution < 1.29 is 19.4 Å². The van der Waals surface area contributed by atoms with Crippen molar-refractivity contribution in [1.29, 1.82) is 0 Å². The van der Waals surface area contributed by atoms with Crippen LogP contribution in [0.25, 0.3) is 0 Å². The molecular weight excluding hydrogens is 410 g/mol. The third-order valence-corrected chi connectivity index (χ3v) is 6.14. The van der Waals surface area contributed by atoms with Gasteiger partial charge in [-0.05, 0) is 42.4 Å². The first-order chi connectivity index (χ1) is 15.0. The van der Waals surface area contributed by atoms with Crippen LogP contribution in [-0.4, -0.2) is 34.6 Å². The highest BCUT2D eigenvalue weighted by molar-refractivity contribution is 7.99. The maximum absolute atomic E-state index is 12.2. The molecule has 0 fully saturated rings. The van der Waals surface area contributed by atoms with E-state index < -0.39 is 5.97 Å². The summed E-state index contributed by atoms with van der Waals surface area (Å²) < 4.78 is 5.63. The Hall–Kier alpha value is -1.69. The number of aliphatic carboxylic acids is 1. The van der Waals surface area contributed by atoms with Crippen LogP contribution in [-0.2, 0) is 9.59 Å². The van der Waals surface area contributed by atoms with E-state index in [1.54, 1.807) is 6.07 Å². The van der Waals surface area contributed by atoms with Crippen LogP contribution in [0.3, 0.4) is 0 Å². The lowest BCUT2D eigenvalue weighted by Crippen LogP contribution is -2.12. The Morgan fingerprint density at radius 2 is 1.52 bits per heavy atom. The number of carbonyl (C=O) groups is 2. The number of anilines is 1. The monoisotopic (exact) mass is 451 g/mol. The number of thioether (sulfide) groups is 1. The lowest BCUT2D eigenvalue weighted by molar-refractivity contribution is -0.137. The average molecular weight is 452 g/mol. The molecule has 0 unspecified atom stereocenters. The van der Waals surface area contributed by atoms with E-state index >= 15 is 0 Å². The molecule has 0 aliphatic heterocycles. The summed E-state index contributed by atoms with van der Waals surface area (Å²) in [4.78, 5) is 22.8. The molecule has 0 atom stereocenters. The molecule has 1 aromatic carbocycles. The summed E-state index contributed by atoms with van der Waals surface area (Å²) in [6, 6.07) is 7.29. The first kappa shape index (κ1) is 27.3. The number of amides is 1. The predicted molar refractivity (Wildman–Crippen MR) is 131 cm³/mol. The van der Waals surface area contributed by atoms with Crippen molar-refractivity contribution >= 4 is 29.3 Å². The molecule has 0 aromatic heterocycles. The quantitative estimate of drug-likeness (QED) is 0.223. The highest BCUT2D eigenvalue weighted by Crippen LogP contribution is 2.24. The number of unbranched alkanes of at least 4 members (excludes halogenated alkanes) is 8. The van der Waals surface area contributed by atoms with Gasteiger partial charge in [-0.2, -0.15) is 11.8 Å². The number of benzene rings is 1. The van der Waals surface area contributed by atoms with Crippen LogP contribution in [0.2, 0.25) is 0 Å². The van der Waals surface area contributed by atoms with Crippen molar-refractivity contribution in [3.63, 3.8) is 0 Å². The second-order valence-corrected chi connectivity index (χ2v) is 9.93. The number of carboxylic acid groups (broad SMARTS) is 1. The Bertz CT molecular complexity index is 621. The zero-order valence-corrected chi connectivity index (χ0v) is 20.2. The van der Waals surface area contributed by atoms with Crippen molar-refractivity contribution in [2.45, 2.75) is 96.1 Å². The second-order valence-electron chi connectivity index (χ2n) is 8.24. The van der Waals surface area contributed by atoms with E-state index in [1.165, 1.54) is 50.7 Å². The number of hydrogen-bond acceptors (Lipinski definition) is 4. The molecule has 176 valence electrons. The highest BCUT2D eigenvalue weighted by atomic mass is 32.2. The number of carbonyl (C=O) groups excluding carboxylic acids is 1. The van der Waals surface area contributed by atoms with E-state index in [0.29, 0.717) is 30.9 Å². The van der Waals surface area contributed by atoms with E-state index in [1.807, 2.05) is 18.2 Å². The van der Waals surface area contributed by atoms with Gasteiger partial charge in [-0.1, -0.05) is 70.9 Å². The van der Waals surface area contributed by atoms with E-state index in [2.05, 4.69) is 30.9 Å². The Labute approximate surface area is 192 Å². The number of nitrogens with one attached hydrogen (secondary N) is 1. The standard InChI is InChI=1S/C25H41NO4S/c1-21(2)31-20-13-9-7-5-3-4-6-8-10-17-24(27)26-22-15-11-12-16-23(22)30-19-14-18-25(28)29/h11-12,15-16,21H,3-10,13-14,17-20H2,1-2H3,(H,26,27)(H,28,29). The summed E-state index contributed by atoms with van der Waals surface area (Å²) >= 11 is 2.06. The molecular formula is C25H41NO4S. The lowest BCUT2D eigenvalue weighted by atomic mass is 10.1. The van der Waals surface area contributed by atoms with E-state index in [4.69, 9.17) is 9.84 Å². The molecule has 2 N–H and O–H groups in total. The first-order valence-electron chi connectivity index (χ1n) is 11.8. The van der Waals surface area contributed by atoms with E-state index in [-0.39, 0.29) is 12.3 Å². The highest BCUT2D eigenvalue weighted by Gasteiger charge is 2.08. The molecule has 0 saturated heterocycles. The second kappa shape index (κ2) is 17.9. The van der Waals surface area contributed by atoms with Crippen molar-refractivity contribution in [2.24, 2.45) is 0 Å². The SMILES string of the molecule is CC(C)SCCCCCCCCCCCC(=O)Nc1ccccc1OCCCC(=O)O. The van der Waals surface area contributed by atoms with E-state index in [9.17, 15) is 9.59 Å². The van der Waals surface area contributed by atoms with Gasteiger partial charge in [0.05, 0.1) is 12.3 Å². The number of para-hydroxylation sites is 2. The van der Waals surface area contributed by atoms with Gasteiger partial charge in [0.1, 0.15) is 5.75 Å². The van der Waals surface area contributed by atoms with Gasteiger partial charge in [0.2, 0.25) is 5.91 Å². The predicted octanol–water partition coefficient (Wildman–Crippen LogP) is 6.91. The fourth-order valence-electron chi connectivity index (χ4n) is 3.26. The topological polar surface area (TPSA) is 75.6 Å². The molecule has 0 saturated carbocycles. The molecule has 6 heteroatoms. The van der Waals surface area contributed by atoms with Gasteiger partial charge in [-0.25, -0.2) is 0 Å². The van der Waals surface area contributed by atoms with Crippen molar-refractivity contribution in [1.82, 2.24) is 0 Å². The molecule has 1 rings (SSSR count). The number of rotatable bonds is 19. The zero-order valence-electron chi connectivity index (χ0n) is 19.4. The summed E-state index contributed by atoms with van der Waals surface area (Å²) in [6.07, 6.45) is 12.1. The van der Waals surface area contributed by atoms with Gasteiger partial charge >= 0.3 is 5.97 Å². The smallest absolute Gasteiger partial charge is 0.303 e. The summed E-state index contributed by atoms with van der Waals surface area (Å²) in [5.74, 6) is 1.05. The van der Waals surface area contributed by atoms with Gasteiger partial charge in [-0.15, -0.1) is 0 Å². The maximum atomic E-state index is 12.2. The third-order valence-electron chi connectivity index (χ3n) is 4.95. The molecule has 0 aliphatic rings. The normalized spacial score (nSPS) is 10.9. The van der Waals surface area contributed by atoms with Crippen LogP contribution in [0.15, 0.2) is 24.3 Å². The van der Waals surface area contributed by atoms with Gasteiger partial charge < -0.3 is 15.2 Å². The molecule has 5 nitrogen and oxygen atoms in total. The van der Waals surface area contributed by atoms with Gasteiger partial charge in [0, 0.05) is 12.8 Å². The zero-order chi connectivity index (χ0) is 22.7. The Morgan fingerprint density at radius 3 is 2.16 bits per heavy atom. The summed E-state index contributed by atoms with van der Waals surface area (Å²) in [7, 11) is 0. The van der Waals surface area contributed by atoms with Crippen molar-refractivity contribution in [3.05, 3.63) is 24.3 Å². The fraction of sp³-hybridized carbons (Fsp3) is 0.680. The number of ether oxygens (including phenoxy) is 1. The van der Waals surface area contributed by atoms with Gasteiger partial charge in [0.25, 0.3) is 0 Å². The van der Waals surface area contributed by atoms with Crippen LogP contribution in [0.4, 0.5) is 5.69 Å². The minimum atomic E-state index is -0.832. The molecule has 0 aliphatic carbocycles. The van der Waals surface area contributed by atoms with Crippen LogP contribution < -0.4 is 10.1 Å². The first-order valence-corrected chi connectivity index (χ1v) is 12.9. The minimum Gasteiger partial charge on any atom is -0.491 e. The van der Waals surface area contributed by atoms with Gasteiger partial charge in [-0.3, -0.25) is 9.59 Å².